The van der Waals surface area contributed by atoms with Crippen LogP contribution in [0.2, 0.25) is 0 Å². The molecule has 0 aliphatic carbocycles. The molecule has 262 valence electrons. The first-order chi connectivity index (χ1) is 25.0. The van der Waals surface area contributed by atoms with Crippen molar-refractivity contribution in [2.24, 2.45) is 4.99 Å². The molecule has 3 fully saturated rings. The van der Waals surface area contributed by atoms with Crippen molar-refractivity contribution in [2.45, 2.75) is 36.8 Å². The number of amidine groups is 1. The Labute approximate surface area is 301 Å². The van der Waals surface area contributed by atoms with E-state index in [0.717, 1.165) is 47.7 Å². The number of nitrogens with zero attached hydrogens (tertiary/aromatic N) is 5. The molecule has 4 heterocycles. The Morgan fingerprint density at radius 1 is 0.961 bits per heavy atom. The molecule has 4 aromatic rings. The molecule has 0 saturated carbocycles. The predicted octanol–water partition coefficient (Wildman–Crippen LogP) is 5.74. The van der Waals surface area contributed by atoms with Gasteiger partial charge in [0.05, 0.1) is 31.1 Å². The summed E-state index contributed by atoms with van der Waals surface area (Å²) < 4.78 is 11.0. The third kappa shape index (κ3) is 7.83. The number of carbonyl (C=O) groups excluding carboxylic acids is 3. The largest absolute Gasteiger partial charge is 0.378 e. The molecule has 1 aromatic heterocycles. The zero-order valence-corrected chi connectivity index (χ0v) is 29.2. The summed E-state index contributed by atoms with van der Waals surface area (Å²) in [5.41, 5.74) is 4.77. The van der Waals surface area contributed by atoms with E-state index in [9.17, 15) is 14.4 Å². The lowest BCUT2D eigenvalue weighted by molar-refractivity contribution is -0.146. The molecule has 3 amide bonds. The molecular weight excluding hydrogens is 665 g/mol. The SMILES string of the molecule is CO[C@H](C(=O)N1CCC[C@H]1C(=O)Nc1ccc(C2SC(=Nc3ccc(N4CCOCC4)cc3)N(Cc3ccccn3)C2=O)cc1)c1ccccc1. The van der Waals surface area contributed by atoms with Crippen LogP contribution in [0.25, 0.3) is 0 Å². The summed E-state index contributed by atoms with van der Waals surface area (Å²) in [5, 5.41) is 3.07. The maximum Gasteiger partial charge on any atom is 0.257 e. The lowest BCUT2D eigenvalue weighted by atomic mass is 10.1. The summed E-state index contributed by atoms with van der Waals surface area (Å²) in [6.07, 6.45) is 2.24. The molecule has 1 N–H and O–H groups in total. The lowest BCUT2D eigenvalue weighted by Crippen LogP contribution is -2.45. The number of likely N-dealkylation sites (tertiary alicyclic amines) is 1. The molecule has 3 saturated heterocycles. The number of methoxy groups -OCH3 is 1. The number of benzene rings is 3. The Hall–Kier alpha value is -5.04. The second kappa shape index (κ2) is 15.9. The first kappa shape index (κ1) is 34.4. The van der Waals surface area contributed by atoms with Gasteiger partial charge in [0.25, 0.3) is 5.91 Å². The molecule has 1 unspecified atom stereocenters. The van der Waals surface area contributed by atoms with E-state index in [1.165, 1.54) is 18.9 Å². The number of anilines is 2. The fraction of sp³-hybridized carbons (Fsp3) is 0.308. The Balaban J connectivity index is 1.05. The number of nitrogens with one attached hydrogen (secondary N) is 1. The molecule has 3 atom stereocenters. The number of hydrogen-bond donors (Lipinski definition) is 1. The molecule has 0 bridgehead atoms. The minimum absolute atomic E-state index is 0.0858. The van der Waals surface area contributed by atoms with Crippen LogP contribution in [0.1, 0.15) is 41.0 Å². The molecule has 0 radical (unpaired) electrons. The maximum absolute atomic E-state index is 14.0. The van der Waals surface area contributed by atoms with E-state index >= 15 is 0 Å². The summed E-state index contributed by atoms with van der Waals surface area (Å²) in [6, 6.07) is 29.7. The van der Waals surface area contributed by atoms with Gasteiger partial charge in [0.15, 0.2) is 11.3 Å². The predicted molar refractivity (Wildman–Crippen MR) is 198 cm³/mol. The van der Waals surface area contributed by atoms with Crippen LogP contribution < -0.4 is 10.2 Å². The van der Waals surface area contributed by atoms with Crippen molar-refractivity contribution in [1.29, 1.82) is 0 Å². The molecule has 7 rings (SSSR count). The number of thioether (sulfide) groups is 1. The van der Waals surface area contributed by atoms with Gasteiger partial charge >= 0.3 is 0 Å². The summed E-state index contributed by atoms with van der Waals surface area (Å²) in [7, 11) is 1.51. The Kier molecular flexibility index (Phi) is 10.7. The molecule has 0 spiro atoms. The number of rotatable bonds is 10. The molecule has 12 heteroatoms. The minimum atomic E-state index is -0.777. The summed E-state index contributed by atoms with van der Waals surface area (Å²) in [4.78, 5) is 55.9. The van der Waals surface area contributed by atoms with Crippen molar-refractivity contribution in [3.63, 3.8) is 0 Å². The summed E-state index contributed by atoms with van der Waals surface area (Å²) >= 11 is 1.40. The Morgan fingerprint density at radius 3 is 2.41 bits per heavy atom. The van der Waals surface area contributed by atoms with Gasteiger partial charge in [-0.1, -0.05) is 60.3 Å². The van der Waals surface area contributed by atoms with Gasteiger partial charge in [0.2, 0.25) is 11.8 Å². The topological polar surface area (TPSA) is 117 Å². The van der Waals surface area contributed by atoms with Gasteiger partial charge in [-0.3, -0.25) is 24.3 Å². The average Bonchev–Trinajstić information content (AvgIpc) is 3.79. The molecular formula is C39H40N6O5S. The van der Waals surface area contributed by atoms with Gasteiger partial charge in [-0.05, 0) is 72.5 Å². The number of carbonyl (C=O) groups is 3. The van der Waals surface area contributed by atoms with Crippen molar-refractivity contribution >= 4 is 51.7 Å². The normalized spacial score (nSPS) is 20.5. The van der Waals surface area contributed by atoms with E-state index in [1.54, 1.807) is 28.1 Å². The monoisotopic (exact) mass is 704 g/mol. The molecule has 11 nitrogen and oxygen atoms in total. The zero-order chi connectivity index (χ0) is 35.2. The van der Waals surface area contributed by atoms with Crippen LogP contribution in [0.4, 0.5) is 17.1 Å². The highest BCUT2D eigenvalue weighted by Gasteiger charge is 2.40. The van der Waals surface area contributed by atoms with Gasteiger partial charge in [-0.15, -0.1) is 0 Å². The fourth-order valence-corrected chi connectivity index (χ4v) is 7.82. The van der Waals surface area contributed by atoms with Gasteiger partial charge < -0.3 is 24.6 Å². The quantitative estimate of drug-likeness (QED) is 0.222. The first-order valence-corrected chi connectivity index (χ1v) is 18.0. The first-order valence-electron chi connectivity index (χ1n) is 17.2. The standard InChI is InChI=1S/C39H40N6O5S/c1-49-34(27-8-3-2-4-9-27)37(47)44-21-7-11-33(44)36(46)41-29-14-12-28(13-15-29)35-38(48)45(26-31-10-5-6-20-40-31)39(51-35)42-30-16-18-32(19-17-30)43-22-24-50-25-23-43/h2-6,8-10,12-20,33-35H,7,11,21-26H2,1H3,(H,41,46)/t33-,34-,35?/m0/s1. The highest BCUT2D eigenvalue weighted by atomic mass is 32.2. The fourth-order valence-electron chi connectivity index (χ4n) is 6.65. The zero-order valence-electron chi connectivity index (χ0n) is 28.4. The number of ether oxygens (including phenoxy) is 2. The minimum Gasteiger partial charge on any atom is -0.378 e. The van der Waals surface area contributed by atoms with Crippen LogP contribution in [0, 0.1) is 0 Å². The highest BCUT2D eigenvalue weighted by molar-refractivity contribution is 8.15. The van der Waals surface area contributed by atoms with Crippen LogP contribution in [0.3, 0.4) is 0 Å². The third-order valence-electron chi connectivity index (χ3n) is 9.32. The van der Waals surface area contributed by atoms with E-state index in [4.69, 9.17) is 14.5 Å². The summed E-state index contributed by atoms with van der Waals surface area (Å²) in [6.45, 7) is 3.91. The maximum atomic E-state index is 14.0. The van der Waals surface area contributed by atoms with Crippen molar-refractivity contribution in [3.8, 4) is 0 Å². The number of amides is 3. The lowest BCUT2D eigenvalue weighted by Gasteiger charge is -2.28. The smallest absolute Gasteiger partial charge is 0.257 e. The molecule has 3 aliphatic rings. The Bertz CT molecular complexity index is 1850. The van der Waals surface area contributed by atoms with Crippen molar-refractivity contribution in [2.75, 3.05) is 50.2 Å². The number of hydrogen-bond acceptors (Lipinski definition) is 9. The Morgan fingerprint density at radius 2 is 1.71 bits per heavy atom. The van der Waals surface area contributed by atoms with Crippen molar-refractivity contribution < 1.29 is 23.9 Å². The van der Waals surface area contributed by atoms with E-state index < -0.39 is 17.4 Å². The van der Waals surface area contributed by atoms with Gasteiger partial charge in [0.1, 0.15) is 11.3 Å². The molecule has 3 aromatic carbocycles. The highest BCUT2D eigenvalue weighted by Crippen LogP contribution is 2.41. The number of aromatic nitrogens is 1. The number of aliphatic imine (C=N–C) groups is 1. The van der Waals surface area contributed by atoms with E-state index in [0.29, 0.717) is 43.6 Å². The average molecular weight is 705 g/mol. The van der Waals surface area contributed by atoms with E-state index in [1.807, 2.05) is 72.8 Å². The van der Waals surface area contributed by atoms with Crippen LogP contribution in [-0.2, 0) is 30.4 Å². The summed E-state index contributed by atoms with van der Waals surface area (Å²) in [5.74, 6) is -0.565. The van der Waals surface area contributed by atoms with Crippen LogP contribution in [0.5, 0.6) is 0 Å². The second-order valence-corrected chi connectivity index (χ2v) is 13.7. The van der Waals surface area contributed by atoms with E-state index in [2.05, 4.69) is 27.3 Å². The van der Waals surface area contributed by atoms with Crippen molar-refractivity contribution in [3.05, 3.63) is 120 Å². The van der Waals surface area contributed by atoms with E-state index in [-0.39, 0.29) is 17.7 Å². The van der Waals surface area contributed by atoms with Gasteiger partial charge in [-0.2, -0.15) is 0 Å². The van der Waals surface area contributed by atoms with Gasteiger partial charge in [-0.25, -0.2) is 4.99 Å². The van der Waals surface area contributed by atoms with Crippen LogP contribution in [-0.4, -0.2) is 83.7 Å². The molecule has 51 heavy (non-hydrogen) atoms. The van der Waals surface area contributed by atoms with Crippen molar-refractivity contribution in [1.82, 2.24) is 14.8 Å². The number of morpholine rings is 1. The molecule has 3 aliphatic heterocycles. The third-order valence-corrected chi connectivity index (χ3v) is 10.6. The number of pyridine rings is 1. The van der Waals surface area contributed by atoms with Crippen LogP contribution in [0.15, 0.2) is 108 Å². The van der Waals surface area contributed by atoms with Crippen LogP contribution >= 0.6 is 11.8 Å². The second-order valence-electron chi connectivity index (χ2n) is 12.6. The van der Waals surface area contributed by atoms with Gasteiger partial charge in [0, 0.05) is 44.3 Å².